The van der Waals surface area contributed by atoms with Crippen LogP contribution in [0.3, 0.4) is 0 Å². The fraction of sp³-hybridized carbons (Fsp3) is 0.600. The Morgan fingerprint density at radius 2 is 1.93 bits per heavy atom. The summed E-state index contributed by atoms with van der Waals surface area (Å²) in [5, 5.41) is 5.27. The maximum Gasteiger partial charge on any atom is 0.416 e. The summed E-state index contributed by atoms with van der Waals surface area (Å²) in [6, 6.07) is 4.63. The Hall–Kier alpha value is -2.13. The van der Waals surface area contributed by atoms with Crippen LogP contribution in [-0.2, 0) is 11.0 Å². The zero-order valence-corrected chi connectivity index (χ0v) is 16.2. The molecule has 6 nitrogen and oxygen atoms in total. The van der Waals surface area contributed by atoms with Gasteiger partial charge in [-0.25, -0.2) is 0 Å². The second-order valence-electron chi connectivity index (χ2n) is 7.82. The summed E-state index contributed by atoms with van der Waals surface area (Å²) in [7, 11) is 0. The lowest BCUT2D eigenvalue weighted by Gasteiger charge is -2.36. The number of nitrogens with zero attached hydrogens (tertiary/aromatic N) is 1. The molecular weight excluding hydrogens is 385 g/mol. The first-order valence-corrected chi connectivity index (χ1v) is 9.98. The van der Waals surface area contributed by atoms with Crippen LogP contribution in [0.15, 0.2) is 24.3 Å². The van der Waals surface area contributed by atoms with Crippen LogP contribution in [0, 0.1) is 0 Å². The highest BCUT2D eigenvalue weighted by Crippen LogP contribution is 2.29. The normalized spacial score (nSPS) is 25.6. The van der Waals surface area contributed by atoms with Crippen molar-refractivity contribution in [1.29, 1.82) is 0 Å². The zero-order valence-electron chi connectivity index (χ0n) is 16.2. The van der Waals surface area contributed by atoms with E-state index in [2.05, 4.69) is 15.5 Å². The van der Waals surface area contributed by atoms with E-state index in [-0.39, 0.29) is 30.1 Å². The van der Waals surface area contributed by atoms with Gasteiger partial charge in [-0.15, -0.1) is 0 Å². The van der Waals surface area contributed by atoms with Gasteiger partial charge < -0.3 is 16.4 Å². The first-order valence-electron chi connectivity index (χ1n) is 9.98. The van der Waals surface area contributed by atoms with E-state index in [1.54, 1.807) is 0 Å². The molecule has 2 aliphatic rings. The van der Waals surface area contributed by atoms with Gasteiger partial charge in [0.05, 0.1) is 12.1 Å². The molecular formula is C20H27F3N4O2. The lowest BCUT2D eigenvalue weighted by atomic mass is 9.90. The first kappa shape index (κ1) is 21.6. The Bertz CT molecular complexity index is 741. The third-order valence-corrected chi connectivity index (χ3v) is 5.70. The van der Waals surface area contributed by atoms with Crippen LogP contribution in [-0.4, -0.2) is 54.5 Å². The number of rotatable bonds is 5. The van der Waals surface area contributed by atoms with Gasteiger partial charge in [-0.1, -0.05) is 18.9 Å². The van der Waals surface area contributed by atoms with Crippen LogP contribution in [0.5, 0.6) is 0 Å². The van der Waals surface area contributed by atoms with Crippen LogP contribution in [0.25, 0.3) is 0 Å². The molecule has 160 valence electrons. The van der Waals surface area contributed by atoms with Gasteiger partial charge in [-0.2, -0.15) is 13.2 Å². The topological polar surface area (TPSA) is 87.5 Å². The Kier molecular flexibility index (Phi) is 6.79. The van der Waals surface area contributed by atoms with Gasteiger partial charge in [0.15, 0.2) is 0 Å². The summed E-state index contributed by atoms with van der Waals surface area (Å²) >= 11 is 0. The van der Waals surface area contributed by atoms with Crippen molar-refractivity contribution in [3.05, 3.63) is 35.4 Å². The van der Waals surface area contributed by atoms with E-state index in [1.807, 2.05) is 0 Å². The predicted octanol–water partition coefficient (Wildman–Crippen LogP) is 1.90. The molecule has 0 aromatic heterocycles. The van der Waals surface area contributed by atoms with E-state index in [4.69, 9.17) is 5.73 Å². The molecule has 29 heavy (non-hydrogen) atoms. The molecule has 9 heteroatoms. The SMILES string of the molecule is N[C@@H]1CCCC[C@@H]1N1CC[C@@H](NC(=O)CNC(=O)c2cccc(C(F)(F)F)c2)C1. The number of amides is 2. The minimum Gasteiger partial charge on any atom is -0.350 e. The summed E-state index contributed by atoms with van der Waals surface area (Å²) in [5.41, 5.74) is 5.20. The minimum atomic E-state index is -4.52. The fourth-order valence-corrected chi connectivity index (χ4v) is 4.18. The molecule has 2 fully saturated rings. The van der Waals surface area contributed by atoms with Crippen molar-refractivity contribution in [3.63, 3.8) is 0 Å². The number of nitrogens with one attached hydrogen (secondary N) is 2. The van der Waals surface area contributed by atoms with Crippen LogP contribution < -0.4 is 16.4 Å². The van der Waals surface area contributed by atoms with Crippen molar-refractivity contribution >= 4 is 11.8 Å². The number of likely N-dealkylation sites (tertiary alicyclic amines) is 1. The summed E-state index contributed by atoms with van der Waals surface area (Å²) in [6.45, 7) is 1.32. The first-order chi connectivity index (χ1) is 13.7. The van der Waals surface area contributed by atoms with E-state index >= 15 is 0 Å². The van der Waals surface area contributed by atoms with Gasteiger partial charge in [-0.3, -0.25) is 14.5 Å². The van der Waals surface area contributed by atoms with Gasteiger partial charge in [0.2, 0.25) is 5.91 Å². The molecule has 0 bridgehead atoms. The fourth-order valence-electron chi connectivity index (χ4n) is 4.18. The maximum atomic E-state index is 12.8. The van der Waals surface area contributed by atoms with Crippen LogP contribution >= 0.6 is 0 Å². The Morgan fingerprint density at radius 1 is 1.17 bits per heavy atom. The molecule has 1 saturated carbocycles. The molecule has 1 saturated heterocycles. The lowest BCUT2D eigenvalue weighted by molar-refractivity contribution is -0.137. The highest BCUT2D eigenvalue weighted by Gasteiger charge is 2.33. The number of carbonyl (C=O) groups is 2. The van der Waals surface area contributed by atoms with Crippen molar-refractivity contribution in [2.75, 3.05) is 19.6 Å². The van der Waals surface area contributed by atoms with Gasteiger partial charge in [0, 0.05) is 36.8 Å². The molecule has 0 radical (unpaired) electrons. The van der Waals surface area contributed by atoms with E-state index in [1.165, 1.54) is 18.6 Å². The second-order valence-corrected chi connectivity index (χ2v) is 7.82. The number of hydrogen-bond acceptors (Lipinski definition) is 4. The van der Waals surface area contributed by atoms with Crippen molar-refractivity contribution in [2.45, 2.75) is 56.4 Å². The van der Waals surface area contributed by atoms with Crippen LogP contribution in [0.2, 0.25) is 0 Å². The Labute approximate surface area is 168 Å². The molecule has 1 aliphatic heterocycles. The average Bonchev–Trinajstić information content (AvgIpc) is 3.14. The number of halogens is 3. The van der Waals surface area contributed by atoms with Crippen molar-refractivity contribution < 1.29 is 22.8 Å². The zero-order chi connectivity index (χ0) is 21.0. The highest BCUT2D eigenvalue weighted by molar-refractivity contribution is 5.96. The molecule has 2 amide bonds. The summed E-state index contributed by atoms with van der Waals surface area (Å²) in [6.07, 6.45) is 0.735. The monoisotopic (exact) mass is 412 g/mol. The van der Waals surface area contributed by atoms with Crippen molar-refractivity contribution in [3.8, 4) is 0 Å². The average molecular weight is 412 g/mol. The molecule has 1 aromatic rings. The third kappa shape index (κ3) is 5.70. The summed E-state index contributed by atoms with van der Waals surface area (Å²) < 4.78 is 38.3. The van der Waals surface area contributed by atoms with Crippen LogP contribution in [0.4, 0.5) is 13.2 Å². The largest absolute Gasteiger partial charge is 0.416 e. The van der Waals surface area contributed by atoms with E-state index in [0.29, 0.717) is 6.04 Å². The van der Waals surface area contributed by atoms with E-state index < -0.39 is 17.6 Å². The molecule has 0 unspecified atom stereocenters. The number of alkyl halides is 3. The standard InChI is InChI=1S/C20H27F3N4O2/c21-20(22,23)14-5-3-4-13(10-14)19(29)25-11-18(28)26-15-8-9-27(12-15)17-7-2-1-6-16(17)24/h3-5,10,15-17H,1-2,6-9,11-12,24H2,(H,25,29)(H,26,28)/t15-,16-,17+/m1/s1. The molecule has 1 aliphatic carbocycles. The predicted molar refractivity (Wildman–Crippen MR) is 102 cm³/mol. The van der Waals surface area contributed by atoms with Gasteiger partial charge in [0.25, 0.3) is 5.91 Å². The third-order valence-electron chi connectivity index (χ3n) is 5.70. The number of hydrogen-bond donors (Lipinski definition) is 3. The maximum absolute atomic E-state index is 12.8. The number of nitrogens with two attached hydrogens (primary N) is 1. The number of benzene rings is 1. The van der Waals surface area contributed by atoms with E-state index in [0.717, 1.165) is 50.9 Å². The van der Waals surface area contributed by atoms with Crippen molar-refractivity contribution in [2.24, 2.45) is 5.73 Å². The van der Waals surface area contributed by atoms with Crippen LogP contribution in [0.1, 0.15) is 48.0 Å². The molecule has 4 N–H and O–H groups in total. The van der Waals surface area contributed by atoms with Crippen molar-refractivity contribution in [1.82, 2.24) is 15.5 Å². The Morgan fingerprint density at radius 3 is 2.66 bits per heavy atom. The molecule has 3 atom stereocenters. The van der Waals surface area contributed by atoms with E-state index in [9.17, 15) is 22.8 Å². The highest BCUT2D eigenvalue weighted by atomic mass is 19.4. The molecule has 1 heterocycles. The van der Waals surface area contributed by atoms with Gasteiger partial charge in [0.1, 0.15) is 0 Å². The molecule has 0 spiro atoms. The minimum absolute atomic E-state index is 0.0120. The lowest BCUT2D eigenvalue weighted by Crippen LogP contribution is -2.50. The van der Waals surface area contributed by atoms with Gasteiger partial charge >= 0.3 is 6.18 Å². The summed E-state index contributed by atoms with van der Waals surface area (Å²) in [5.74, 6) is -1.07. The molecule has 3 rings (SSSR count). The second kappa shape index (κ2) is 9.13. The van der Waals surface area contributed by atoms with Gasteiger partial charge in [-0.05, 0) is 37.5 Å². The quantitative estimate of drug-likeness (QED) is 0.689. The summed E-state index contributed by atoms with van der Waals surface area (Å²) in [4.78, 5) is 26.6. The Balaban J connectivity index is 1.45. The number of carbonyl (C=O) groups excluding carboxylic acids is 2. The molecule has 1 aromatic carbocycles. The smallest absolute Gasteiger partial charge is 0.350 e.